The van der Waals surface area contributed by atoms with Crippen molar-refractivity contribution >= 4 is 0 Å². The molecule has 104 valence electrons. The molecular weight excluding hydrogens is 234 g/mol. The van der Waals surface area contributed by atoms with Crippen LogP contribution >= 0.6 is 0 Å². The average molecular weight is 259 g/mol. The van der Waals surface area contributed by atoms with E-state index in [1.165, 1.54) is 45.1 Å². The molecule has 0 aliphatic heterocycles. The average Bonchev–Trinajstić information content (AvgIpc) is 2.67. The second-order valence-electron chi connectivity index (χ2n) is 7.53. The summed E-state index contributed by atoms with van der Waals surface area (Å²) in [4.78, 5) is 4.57. The Labute approximate surface area is 115 Å². The largest absolute Gasteiger partial charge is 0.334 e. The van der Waals surface area contributed by atoms with Crippen LogP contribution in [-0.2, 0) is 13.1 Å². The van der Waals surface area contributed by atoms with Crippen molar-refractivity contribution in [2.75, 3.05) is 0 Å². The SMILES string of the molecule is Cc1nc(CN)cn1CC12CC3CC(CC(C3)C1)C2. The van der Waals surface area contributed by atoms with Crippen molar-refractivity contribution in [3.63, 3.8) is 0 Å². The van der Waals surface area contributed by atoms with Gasteiger partial charge in [0.1, 0.15) is 5.82 Å². The summed E-state index contributed by atoms with van der Waals surface area (Å²) >= 11 is 0. The minimum absolute atomic E-state index is 0.564. The molecule has 4 aliphatic carbocycles. The highest BCUT2D eigenvalue weighted by Gasteiger charge is 2.50. The monoisotopic (exact) mass is 259 g/mol. The molecule has 4 bridgehead atoms. The zero-order chi connectivity index (χ0) is 13.0. The van der Waals surface area contributed by atoms with Crippen molar-refractivity contribution in [3.8, 4) is 0 Å². The van der Waals surface area contributed by atoms with Gasteiger partial charge >= 0.3 is 0 Å². The summed E-state index contributed by atoms with van der Waals surface area (Å²) in [6, 6.07) is 0. The molecule has 1 heterocycles. The fraction of sp³-hybridized carbons (Fsp3) is 0.812. The number of aromatic nitrogens is 2. The molecule has 2 N–H and O–H groups in total. The summed E-state index contributed by atoms with van der Waals surface area (Å²) < 4.78 is 2.38. The molecule has 4 saturated carbocycles. The van der Waals surface area contributed by atoms with E-state index in [0.29, 0.717) is 12.0 Å². The van der Waals surface area contributed by atoms with E-state index in [2.05, 4.69) is 22.7 Å². The van der Waals surface area contributed by atoms with E-state index in [1.54, 1.807) is 0 Å². The van der Waals surface area contributed by atoms with Crippen molar-refractivity contribution in [1.29, 1.82) is 0 Å². The van der Waals surface area contributed by atoms with Crippen LogP contribution < -0.4 is 5.73 Å². The lowest BCUT2D eigenvalue weighted by atomic mass is 9.49. The Morgan fingerprint density at radius 3 is 2.26 bits per heavy atom. The van der Waals surface area contributed by atoms with Crippen molar-refractivity contribution in [1.82, 2.24) is 9.55 Å². The third-order valence-electron chi connectivity index (χ3n) is 5.91. The summed E-state index contributed by atoms with van der Waals surface area (Å²) in [6.07, 6.45) is 11.2. The Morgan fingerprint density at radius 1 is 1.21 bits per heavy atom. The van der Waals surface area contributed by atoms with Crippen molar-refractivity contribution < 1.29 is 0 Å². The first-order valence-corrected chi connectivity index (χ1v) is 7.88. The summed E-state index contributed by atoms with van der Waals surface area (Å²) in [5.74, 6) is 4.24. The van der Waals surface area contributed by atoms with Gasteiger partial charge in [0.25, 0.3) is 0 Å². The fourth-order valence-corrected chi connectivity index (χ4v) is 5.68. The first-order valence-electron chi connectivity index (χ1n) is 7.88. The molecule has 0 atom stereocenters. The van der Waals surface area contributed by atoms with Gasteiger partial charge in [-0.15, -0.1) is 0 Å². The summed E-state index contributed by atoms with van der Waals surface area (Å²) in [5, 5.41) is 0. The lowest BCUT2D eigenvalue weighted by Crippen LogP contribution is -2.47. The molecule has 4 fully saturated rings. The van der Waals surface area contributed by atoms with Gasteiger partial charge in [0.15, 0.2) is 0 Å². The van der Waals surface area contributed by atoms with Gasteiger partial charge in [0, 0.05) is 19.3 Å². The molecule has 3 nitrogen and oxygen atoms in total. The molecule has 0 spiro atoms. The van der Waals surface area contributed by atoms with Crippen LogP contribution in [0.25, 0.3) is 0 Å². The normalized spacial score (nSPS) is 40.0. The highest BCUT2D eigenvalue weighted by Crippen LogP contribution is 2.60. The van der Waals surface area contributed by atoms with Gasteiger partial charge in [-0.2, -0.15) is 0 Å². The Morgan fingerprint density at radius 2 is 1.79 bits per heavy atom. The first-order chi connectivity index (χ1) is 9.16. The number of imidazole rings is 1. The van der Waals surface area contributed by atoms with Crippen LogP contribution in [-0.4, -0.2) is 9.55 Å². The van der Waals surface area contributed by atoms with Crippen molar-refractivity contribution in [2.45, 2.75) is 58.5 Å². The molecule has 0 amide bonds. The second kappa shape index (κ2) is 4.08. The number of hydrogen-bond donors (Lipinski definition) is 1. The van der Waals surface area contributed by atoms with E-state index >= 15 is 0 Å². The van der Waals surface area contributed by atoms with E-state index in [9.17, 15) is 0 Å². The number of aryl methyl sites for hydroxylation is 1. The molecule has 1 aromatic rings. The lowest BCUT2D eigenvalue weighted by Gasteiger charge is -2.57. The first kappa shape index (κ1) is 12.0. The van der Waals surface area contributed by atoms with Gasteiger partial charge < -0.3 is 10.3 Å². The van der Waals surface area contributed by atoms with Gasteiger partial charge in [-0.25, -0.2) is 4.98 Å². The van der Waals surface area contributed by atoms with E-state index in [-0.39, 0.29) is 0 Å². The highest BCUT2D eigenvalue weighted by atomic mass is 15.1. The zero-order valence-corrected chi connectivity index (χ0v) is 11.9. The molecular formula is C16H25N3. The van der Waals surface area contributed by atoms with Gasteiger partial charge in [0.2, 0.25) is 0 Å². The Kier molecular flexibility index (Phi) is 2.57. The summed E-state index contributed by atoms with van der Waals surface area (Å²) in [5.41, 5.74) is 7.35. The maximum atomic E-state index is 5.72. The van der Waals surface area contributed by atoms with E-state index in [1.807, 2.05) is 0 Å². The number of hydrogen-bond acceptors (Lipinski definition) is 2. The lowest BCUT2D eigenvalue weighted by molar-refractivity contribution is -0.0621. The minimum atomic E-state index is 0.564. The number of nitrogens with zero attached hydrogens (tertiary/aromatic N) is 2. The second-order valence-corrected chi connectivity index (χ2v) is 7.53. The van der Waals surface area contributed by atoms with Crippen LogP contribution in [0, 0.1) is 30.1 Å². The summed E-state index contributed by atoms with van der Waals surface area (Å²) in [7, 11) is 0. The van der Waals surface area contributed by atoms with Crippen LogP contribution in [0.2, 0.25) is 0 Å². The van der Waals surface area contributed by atoms with Gasteiger partial charge in [-0.1, -0.05) is 0 Å². The standard InChI is InChI=1S/C16H25N3/c1-11-18-15(8-17)9-19(11)10-16-5-12-2-13(6-16)4-14(3-12)7-16/h9,12-14H,2-8,10,17H2,1H3. The van der Waals surface area contributed by atoms with Crippen LogP contribution in [0.3, 0.4) is 0 Å². The van der Waals surface area contributed by atoms with E-state index < -0.39 is 0 Å². The van der Waals surface area contributed by atoms with Gasteiger partial charge in [-0.05, 0) is 68.6 Å². The molecule has 1 aromatic heterocycles. The fourth-order valence-electron chi connectivity index (χ4n) is 5.68. The van der Waals surface area contributed by atoms with Crippen LogP contribution in [0.4, 0.5) is 0 Å². The topological polar surface area (TPSA) is 43.8 Å². The zero-order valence-electron chi connectivity index (χ0n) is 11.9. The number of nitrogens with two attached hydrogens (primary N) is 1. The quantitative estimate of drug-likeness (QED) is 0.907. The van der Waals surface area contributed by atoms with E-state index in [0.717, 1.165) is 29.3 Å². The minimum Gasteiger partial charge on any atom is -0.334 e. The smallest absolute Gasteiger partial charge is 0.105 e. The molecule has 5 rings (SSSR count). The Balaban J connectivity index is 1.60. The molecule has 0 radical (unpaired) electrons. The number of rotatable bonds is 3. The van der Waals surface area contributed by atoms with Crippen LogP contribution in [0.15, 0.2) is 6.20 Å². The Bertz CT molecular complexity index is 453. The van der Waals surface area contributed by atoms with Gasteiger partial charge in [0.05, 0.1) is 5.69 Å². The highest BCUT2D eigenvalue weighted by molar-refractivity contribution is 5.06. The molecule has 0 unspecified atom stereocenters. The predicted molar refractivity (Wildman–Crippen MR) is 75.5 cm³/mol. The van der Waals surface area contributed by atoms with Crippen LogP contribution in [0.5, 0.6) is 0 Å². The maximum absolute atomic E-state index is 5.72. The molecule has 19 heavy (non-hydrogen) atoms. The molecule has 4 aliphatic rings. The van der Waals surface area contributed by atoms with E-state index in [4.69, 9.17) is 5.73 Å². The van der Waals surface area contributed by atoms with Crippen LogP contribution in [0.1, 0.15) is 50.0 Å². The third kappa shape index (κ3) is 1.94. The van der Waals surface area contributed by atoms with Crippen molar-refractivity contribution in [3.05, 3.63) is 17.7 Å². The third-order valence-corrected chi connectivity index (χ3v) is 5.91. The van der Waals surface area contributed by atoms with Gasteiger partial charge in [-0.3, -0.25) is 0 Å². The Hall–Kier alpha value is -0.830. The molecule has 0 saturated heterocycles. The summed E-state index contributed by atoms with van der Waals surface area (Å²) in [6.45, 7) is 3.88. The predicted octanol–water partition coefficient (Wildman–Crippen LogP) is 2.87. The molecule has 0 aromatic carbocycles. The van der Waals surface area contributed by atoms with Crippen molar-refractivity contribution in [2.24, 2.45) is 28.9 Å². The molecule has 3 heteroatoms. The maximum Gasteiger partial charge on any atom is 0.105 e.